The van der Waals surface area contributed by atoms with Crippen LogP contribution in [0.25, 0.3) is 0 Å². The molecule has 0 aliphatic carbocycles. The summed E-state index contributed by atoms with van der Waals surface area (Å²) in [6, 6.07) is 1.12. The van der Waals surface area contributed by atoms with Crippen LogP contribution >= 0.6 is 0 Å². The van der Waals surface area contributed by atoms with Gasteiger partial charge in [0, 0.05) is 25.0 Å². The molecule has 0 spiro atoms. The Hall–Kier alpha value is -1.63. The van der Waals surface area contributed by atoms with Crippen LogP contribution in [0.2, 0.25) is 0 Å². The van der Waals surface area contributed by atoms with Crippen molar-refractivity contribution in [3.8, 4) is 0 Å². The second-order valence-corrected chi connectivity index (χ2v) is 8.06. The van der Waals surface area contributed by atoms with Crippen molar-refractivity contribution in [3.05, 3.63) is 34.2 Å². The second-order valence-electron chi connectivity index (χ2n) is 5.20. The minimum Gasteiger partial charge on any atom is -0.477 e. The quantitative estimate of drug-likeness (QED) is 0.882. The first-order valence-corrected chi connectivity index (χ1v) is 7.35. The largest absolute Gasteiger partial charge is 0.477 e. The van der Waals surface area contributed by atoms with Crippen molar-refractivity contribution < 1.29 is 18.3 Å². The van der Waals surface area contributed by atoms with Gasteiger partial charge in [-0.05, 0) is 20.8 Å². The number of carboxylic acids is 1. The fraction of sp³-hybridized carbons (Fsp3) is 0.500. The molecule has 1 N–H and O–H groups in total. The van der Waals surface area contributed by atoms with E-state index in [1.807, 2.05) is 0 Å². The summed E-state index contributed by atoms with van der Waals surface area (Å²) in [5.41, 5.74) is -0.960. The van der Waals surface area contributed by atoms with Crippen molar-refractivity contribution in [2.75, 3.05) is 5.75 Å². The second kappa shape index (κ2) is 5.16. The predicted molar refractivity (Wildman–Crippen MR) is 71.2 cm³/mol. The van der Waals surface area contributed by atoms with E-state index in [1.54, 1.807) is 20.8 Å². The number of sulfone groups is 1. The van der Waals surface area contributed by atoms with Gasteiger partial charge in [-0.2, -0.15) is 0 Å². The number of hydrogen-bond acceptors (Lipinski definition) is 4. The zero-order valence-corrected chi connectivity index (χ0v) is 11.9. The van der Waals surface area contributed by atoms with Crippen LogP contribution in [0.15, 0.2) is 23.3 Å². The van der Waals surface area contributed by atoms with E-state index in [1.165, 1.54) is 10.8 Å². The third-order valence-corrected chi connectivity index (χ3v) is 5.35. The molecule has 0 radical (unpaired) electrons. The SMILES string of the molecule is CC(C)(C)S(=O)(=O)CCn1ccc(=O)c(C(=O)O)c1. The van der Waals surface area contributed by atoms with Gasteiger partial charge in [-0.15, -0.1) is 0 Å². The predicted octanol–water partition coefficient (Wildman–Crippen LogP) is 0.760. The van der Waals surface area contributed by atoms with Crippen LogP contribution in [0.5, 0.6) is 0 Å². The van der Waals surface area contributed by atoms with Gasteiger partial charge in [0.2, 0.25) is 0 Å². The Bertz CT molecular complexity index is 637. The molecule has 0 saturated carbocycles. The average molecular weight is 287 g/mol. The first kappa shape index (κ1) is 15.4. The summed E-state index contributed by atoms with van der Waals surface area (Å²) in [4.78, 5) is 22.1. The molecule has 0 bridgehead atoms. The lowest BCUT2D eigenvalue weighted by Crippen LogP contribution is -2.32. The Balaban J connectivity index is 2.95. The Morgan fingerprint density at radius 2 is 1.95 bits per heavy atom. The molecule has 0 amide bonds. The van der Waals surface area contributed by atoms with Crippen LogP contribution in [0.4, 0.5) is 0 Å². The van der Waals surface area contributed by atoms with Gasteiger partial charge in [0.25, 0.3) is 0 Å². The summed E-state index contributed by atoms with van der Waals surface area (Å²) in [5, 5.41) is 8.82. The maximum Gasteiger partial charge on any atom is 0.341 e. The minimum absolute atomic E-state index is 0.111. The Labute approximate surface area is 111 Å². The van der Waals surface area contributed by atoms with Crippen molar-refractivity contribution in [1.82, 2.24) is 4.57 Å². The highest BCUT2D eigenvalue weighted by atomic mass is 32.2. The van der Waals surface area contributed by atoms with E-state index in [-0.39, 0.29) is 17.9 Å². The van der Waals surface area contributed by atoms with Gasteiger partial charge in [-0.1, -0.05) is 0 Å². The molecule has 19 heavy (non-hydrogen) atoms. The molecule has 0 aromatic carbocycles. The van der Waals surface area contributed by atoms with Gasteiger partial charge in [-0.25, -0.2) is 13.2 Å². The lowest BCUT2D eigenvalue weighted by atomic mass is 10.3. The zero-order valence-electron chi connectivity index (χ0n) is 11.1. The summed E-state index contributed by atoms with van der Waals surface area (Å²) in [7, 11) is -3.29. The van der Waals surface area contributed by atoms with E-state index in [4.69, 9.17) is 5.11 Å². The number of aromatic nitrogens is 1. The highest BCUT2D eigenvalue weighted by Crippen LogP contribution is 2.16. The maximum absolute atomic E-state index is 11.9. The molecule has 1 rings (SSSR count). The molecule has 0 saturated heterocycles. The van der Waals surface area contributed by atoms with E-state index in [0.717, 1.165) is 12.3 Å². The lowest BCUT2D eigenvalue weighted by Gasteiger charge is -2.19. The van der Waals surface area contributed by atoms with Crippen LogP contribution in [0, 0.1) is 0 Å². The Kier molecular flexibility index (Phi) is 4.19. The van der Waals surface area contributed by atoms with Crippen molar-refractivity contribution in [3.63, 3.8) is 0 Å². The fourth-order valence-corrected chi connectivity index (χ4v) is 2.42. The summed E-state index contributed by atoms with van der Waals surface area (Å²) in [5.74, 6) is -1.43. The van der Waals surface area contributed by atoms with Gasteiger partial charge in [0.15, 0.2) is 15.3 Å². The summed E-state index contributed by atoms with van der Waals surface area (Å²) in [6.07, 6.45) is 2.54. The third kappa shape index (κ3) is 3.66. The van der Waals surface area contributed by atoms with Crippen molar-refractivity contribution in [2.45, 2.75) is 32.1 Å². The third-order valence-electron chi connectivity index (χ3n) is 2.76. The molecule has 6 nitrogen and oxygen atoms in total. The number of aromatic carboxylic acids is 1. The molecule has 106 valence electrons. The van der Waals surface area contributed by atoms with E-state index in [9.17, 15) is 18.0 Å². The number of carboxylic acid groups (broad SMARTS) is 1. The van der Waals surface area contributed by atoms with Gasteiger partial charge < -0.3 is 9.67 Å². The first-order chi connectivity index (χ1) is 8.54. The van der Waals surface area contributed by atoms with Gasteiger partial charge in [-0.3, -0.25) is 4.79 Å². The molecule has 1 heterocycles. The van der Waals surface area contributed by atoms with E-state index in [2.05, 4.69) is 0 Å². The van der Waals surface area contributed by atoms with Gasteiger partial charge in [0.05, 0.1) is 10.5 Å². The molecular weight excluding hydrogens is 270 g/mol. The van der Waals surface area contributed by atoms with Crippen LogP contribution < -0.4 is 5.43 Å². The summed E-state index contributed by atoms with van der Waals surface area (Å²) in [6.45, 7) is 4.93. The lowest BCUT2D eigenvalue weighted by molar-refractivity contribution is 0.0694. The van der Waals surface area contributed by atoms with Crippen molar-refractivity contribution in [2.24, 2.45) is 0 Å². The Morgan fingerprint density at radius 1 is 1.37 bits per heavy atom. The molecule has 0 aliphatic heterocycles. The van der Waals surface area contributed by atoms with Crippen LogP contribution in [-0.4, -0.2) is 34.6 Å². The van der Waals surface area contributed by atoms with Crippen LogP contribution in [0.1, 0.15) is 31.1 Å². The topological polar surface area (TPSA) is 93.4 Å². The number of hydrogen-bond donors (Lipinski definition) is 1. The molecular formula is C12H17NO5S. The monoisotopic (exact) mass is 287 g/mol. The smallest absolute Gasteiger partial charge is 0.341 e. The average Bonchev–Trinajstić information content (AvgIpc) is 2.26. The number of carbonyl (C=O) groups is 1. The molecule has 0 fully saturated rings. The number of pyridine rings is 1. The number of aryl methyl sites for hydroxylation is 1. The van der Waals surface area contributed by atoms with Crippen LogP contribution in [-0.2, 0) is 16.4 Å². The molecule has 0 atom stereocenters. The first-order valence-electron chi connectivity index (χ1n) is 5.70. The van der Waals surface area contributed by atoms with Crippen molar-refractivity contribution in [1.29, 1.82) is 0 Å². The molecule has 1 aromatic rings. The molecule has 7 heteroatoms. The number of nitrogens with zero attached hydrogens (tertiary/aromatic N) is 1. The maximum atomic E-state index is 11.9. The highest BCUT2D eigenvalue weighted by molar-refractivity contribution is 7.92. The Morgan fingerprint density at radius 3 is 2.42 bits per heavy atom. The molecule has 1 aromatic heterocycles. The van der Waals surface area contributed by atoms with E-state index < -0.39 is 26.0 Å². The van der Waals surface area contributed by atoms with Crippen LogP contribution in [0.3, 0.4) is 0 Å². The van der Waals surface area contributed by atoms with Gasteiger partial charge in [0.1, 0.15) is 5.56 Å². The summed E-state index contributed by atoms with van der Waals surface area (Å²) >= 11 is 0. The zero-order chi connectivity index (χ0) is 14.8. The van der Waals surface area contributed by atoms with Crippen molar-refractivity contribution >= 4 is 15.8 Å². The van der Waals surface area contributed by atoms with Gasteiger partial charge >= 0.3 is 5.97 Å². The number of rotatable bonds is 4. The van der Waals surface area contributed by atoms with E-state index in [0.29, 0.717) is 0 Å². The summed E-state index contributed by atoms with van der Waals surface area (Å²) < 4.78 is 24.4. The van der Waals surface area contributed by atoms with E-state index >= 15 is 0 Å². The minimum atomic E-state index is -3.29. The normalized spacial score (nSPS) is 12.4. The standard InChI is InChI=1S/C12H17NO5S/c1-12(2,3)19(17,18)7-6-13-5-4-10(14)9(8-13)11(15)16/h4-5,8H,6-7H2,1-3H3,(H,15,16). The molecule has 0 aliphatic rings. The highest BCUT2D eigenvalue weighted by Gasteiger charge is 2.28. The molecule has 0 unspecified atom stereocenters. The fourth-order valence-electron chi connectivity index (χ4n) is 1.36.